The number of aliphatic imine (C=N–C) groups is 1. The van der Waals surface area contributed by atoms with Crippen molar-refractivity contribution in [1.82, 2.24) is 69.1 Å². The first-order valence-electron chi connectivity index (χ1n) is 25.5. The number of guanidine groups is 1. The molecule has 0 saturated carbocycles. The van der Waals surface area contributed by atoms with Crippen LogP contribution in [0, 0.1) is 5.92 Å². The van der Waals surface area contributed by atoms with E-state index in [0.29, 0.717) is 0 Å². The van der Waals surface area contributed by atoms with E-state index in [1.165, 1.54) is 27.7 Å². The largest absolute Gasteiger partial charge is 0.481 e. The molecule has 0 spiro atoms. The van der Waals surface area contributed by atoms with E-state index in [2.05, 4.69) is 74.1 Å². The van der Waals surface area contributed by atoms with Crippen molar-refractivity contribution in [2.75, 3.05) is 52.4 Å². The number of amides is 15. The van der Waals surface area contributed by atoms with Crippen LogP contribution in [-0.2, 0) is 62.3 Å². The molecule has 0 heterocycles. The molecule has 0 fully saturated rings. The van der Waals surface area contributed by atoms with Crippen molar-refractivity contribution in [2.24, 2.45) is 39.6 Å². The van der Waals surface area contributed by atoms with E-state index in [1.807, 2.05) is 0 Å². The smallest absolute Gasteiger partial charge is 0.325 e. The Morgan fingerprint density at radius 2 is 0.866 bits per heavy atom. The molecule has 0 unspecified atom stereocenters. The van der Waals surface area contributed by atoms with Gasteiger partial charge in [-0.05, 0) is 64.7 Å². The lowest BCUT2D eigenvalue weighted by Gasteiger charge is -2.26. The van der Waals surface area contributed by atoms with Crippen molar-refractivity contribution < 1.29 is 87.2 Å². The van der Waals surface area contributed by atoms with Gasteiger partial charge in [-0.2, -0.15) is 0 Å². The summed E-state index contributed by atoms with van der Waals surface area (Å²) in [5.41, 5.74) is 26.6. The molecule has 0 aromatic heterocycles. The van der Waals surface area contributed by atoms with Crippen LogP contribution in [0.15, 0.2) is 4.99 Å². The second-order valence-corrected chi connectivity index (χ2v) is 18.4. The maximum atomic E-state index is 13.7. The quantitative estimate of drug-likeness (QED) is 0.0154. The van der Waals surface area contributed by atoms with Crippen LogP contribution in [0.2, 0.25) is 0 Å². The van der Waals surface area contributed by atoms with Crippen molar-refractivity contribution in [2.45, 2.75) is 127 Å². The van der Waals surface area contributed by atoms with Crippen molar-refractivity contribution in [3.63, 3.8) is 0 Å². The van der Waals surface area contributed by atoms with Crippen molar-refractivity contribution in [1.29, 1.82) is 0 Å². The lowest BCUT2D eigenvalue weighted by molar-refractivity contribution is -0.141. The number of aliphatic hydroxyl groups is 1. The molecular formula is C45H79N19O18. The number of carboxylic acid groups (broad SMARTS) is 2. The predicted molar refractivity (Wildman–Crippen MR) is 285 cm³/mol. The molecule has 37 nitrogen and oxygen atoms in total. The summed E-state index contributed by atoms with van der Waals surface area (Å²) in [6, 6.07) is -13.3. The van der Waals surface area contributed by atoms with Gasteiger partial charge in [-0.3, -0.25) is 67.3 Å². The predicted octanol–water partition coefficient (Wildman–Crippen LogP) is -10.2. The fraction of sp³-hybridized carbons (Fsp3) is 0.644. The van der Waals surface area contributed by atoms with Gasteiger partial charge in [0.05, 0.1) is 38.8 Å². The average Bonchev–Trinajstić information content (AvgIpc) is 3.40. The third-order valence-corrected chi connectivity index (χ3v) is 11.1. The van der Waals surface area contributed by atoms with Crippen molar-refractivity contribution in [3.05, 3.63) is 0 Å². The summed E-state index contributed by atoms with van der Waals surface area (Å²) in [7, 11) is 0. The zero-order valence-corrected chi connectivity index (χ0v) is 45.8. The lowest BCUT2D eigenvalue weighted by atomic mass is 10.0. The number of hydrogen-bond donors (Lipinski definition) is 21. The summed E-state index contributed by atoms with van der Waals surface area (Å²) >= 11 is 0. The Morgan fingerprint density at radius 1 is 0.439 bits per heavy atom. The van der Waals surface area contributed by atoms with Gasteiger partial charge in [-0.15, -0.1) is 0 Å². The van der Waals surface area contributed by atoms with Gasteiger partial charge in [0.1, 0.15) is 42.3 Å². The number of nitrogens with zero attached hydrogens (tertiary/aromatic N) is 1. The van der Waals surface area contributed by atoms with E-state index in [9.17, 15) is 77.0 Å². The minimum atomic E-state index is -1.80. The van der Waals surface area contributed by atoms with Crippen LogP contribution in [0.1, 0.15) is 79.1 Å². The minimum absolute atomic E-state index is 0.0202. The molecule has 0 saturated heterocycles. The standard InChI is InChI=1S/C45H79N19O18/c1-21(2)34(64-32(69)18-55-29(66)16-54-30(67)17-56-36(73)24(46)11-12-33(70)71)41(78)62-25(8-6-14-52-44(49)81)37(74)57-19-31(68)60-26(9-5-13-51-43(47)48)39(76)63-28(20-65)40(77)61-27(10-7-15-53-45(50)82)38(75)58-22(3)35(72)59-23(4)42(79)80/h21-28,34,65H,5-20,46H2,1-4H3,(H,54,67)(H,55,66)(H,56,73)(H,57,74)(H,58,75)(H,59,72)(H,60,68)(H,61,77)(H,62,78)(H,63,76)(H,64,69)(H,70,71)(H,79,80)(H4,47,48,51)(H3,49,52,81)(H3,50,53,82)/t22-,23-,24-,25-,26-,27-,28-,34-/m0/s1. The Balaban J connectivity index is 6.08. The molecule has 26 N–H and O–H groups in total. The number of nitrogens with one attached hydrogen (secondary N) is 13. The Kier molecular flexibility index (Phi) is 34.9. The molecule has 82 heavy (non-hydrogen) atoms. The van der Waals surface area contributed by atoms with Gasteiger partial charge in [-0.1, -0.05) is 13.8 Å². The number of nitrogens with two attached hydrogens (primary N) is 5. The van der Waals surface area contributed by atoms with Crippen molar-refractivity contribution in [3.8, 4) is 0 Å². The molecule has 0 aliphatic rings. The van der Waals surface area contributed by atoms with E-state index in [4.69, 9.17) is 38.9 Å². The zero-order chi connectivity index (χ0) is 62.6. The Bertz CT molecular complexity index is 2280. The number of aliphatic carboxylic acids is 2. The summed E-state index contributed by atoms with van der Waals surface area (Å²) in [6.45, 7) is 1.41. The highest BCUT2D eigenvalue weighted by Gasteiger charge is 2.33. The Hall–Kier alpha value is -9.16. The van der Waals surface area contributed by atoms with Gasteiger partial charge in [0.25, 0.3) is 0 Å². The Morgan fingerprint density at radius 3 is 1.38 bits per heavy atom. The van der Waals surface area contributed by atoms with Crippen molar-refractivity contribution >= 4 is 94.9 Å². The molecule has 15 amide bonds. The summed E-state index contributed by atoms with van der Waals surface area (Å²) in [4.78, 5) is 191. The summed E-state index contributed by atoms with van der Waals surface area (Å²) in [5.74, 6) is -13.8. The molecule has 0 aliphatic heterocycles. The molecule has 0 aliphatic carbocycles. The molecule has 0 radical (unpaired) electrons. The van der Waals surface area contributed by atoms with E-state index >= 15 is 0 Å². The third-order valence-electron chi connectivity index (χ3n) is 11.1. The van der Waals surface area contributed by atoms with E-state index < -0.39 is 176 Å². The highest BCUT2D eigenvalue weighted by molar-refractivity contribution is 5.98. The Labute approximate surface area is 469 Å². The van der Waals surface area contributed by atoms with Crippen LogP contribution in [0.3, 0.4) is 0 Å². The number of carbonyl (C=O) groups is 15. The fourth-order valence-electron chi connectivity index (χ4n) is 6.61. The second kappa shape index (κ2) is 39.2. The van der Waals surface area contributed by atoms with Crippen LogP contribution in [-0.4, -0.2) is 211 Å². The maximum Gasteiger partial charge on any atom is 0.325 e. The van der Waals surface area contributed by atoms with E-state index in [0.717, 1.165) is 0 Å². The lowest BCUT2D eigenvalue weighted by Crippen LogP contribution is -2.59. The van der Waals surface area contributed by atoms with Gasteiger partial charge in [-0.25, -0.2) is 9.59 Å². The number of carboxylic acids is 2. The van der Waals surface area contributed by atoms with Crippen LogP contribution in [0.25, 0.3) is 0 Å². The van der Waals surface area contributed by atoms with Crippen LogP contribution in [0.4, 0.5) is 9.59 Å². The summed E-state index contributed by atoms with van der Waals surface area (Å²) in [6.07, 6.45) is -1.10. The van der Waals surface area contributed by atoms with Gasteiger partial charge in [0.15, 0.2) is 5.96 Å². The monoisotopic (exact) mass is 1170 g/mol. The van der Waals surface area contributed by atoms with E-state index in [-0.39, 0.29) is 77.0 Å². The van der Waals surface area contributed by atoms with Gasteiger partial charge >= 0.3 is 24.0 Å². The number of carbonyl (C=O) groups excluding carboxylic acids is 13. The molecule has 0 aromatic rings. The van der Waals surface area contributed by atoms with Gasteiger partial charge in [0, 0.05) is 26.1 Å². The summed E-state index contributed by atoms with van der Waals surface area (Å²) < 4.78 is 0. The first kappa shape index (κ1) is 72.8. The van der Waals surface area contributed by atoms with Gasteiger partial charge in [0.2, 0.25) is 65.0 Å². The highest BCUT2D eigenvalue weighted by Crippen LogP contribution is 2.07. The van der Waals surface area contributed by atoms with E-state index in [1.54, 1.807) is 0 Å². The molecule has 8 atom stereocenters. The number of urea groups is 2. The normalized spacial score (nSPS) is 13.5. The topological polar surface area (TPSA) is 616 Å². The summed E-state index contributed by atoms with van der Waals surface area (Å²) in [5, 5.41) is 58.0. The molecule has 462 valence electrons. The van der Waals surface area contributed by atoms with Crippen LogP contribution < -0.4 is 97.8 Å². The number of rotatable bonds is 40. The molecule has 0 aromatic carbocycles. The number of aliphatic hydroxyl groups excluding tert-OH is 1. The highest BCUT2D eigenvalue weighted by atomic mass is 16.4. The van der Waals surface area contributed by atoms with Gasteiger partial charge < -0.3 is 113 Å². The SMILES string of the molecule is CC(C)[C@H](NC(=O)CNC(=O)CNC(=O)CNC(=O)[C@@H](N)CCC(=O)O)C(=O)N[C@@H](CCCNC(N)=O)C(=O)NCC(=O)N[C@@H](CCCN=C(N)N)C(=O)N[C@@H](CO)C(=O)N[C@@H](CCCNC(N)=O)C(=O)N[C@@H](C)C(=O)N[C@@H](C)C(=O)O. The molecule has 37 heteroatoms. The fourth-order valence-corrected chi connectivity index (χ4v) is 6.61. The van der Waals surface area contributed by atoms with Crippen LogP contribution in [0.5, 0.6) is 0 Å². The molecule has 0 rings (SSSR count). The first-order valence-corrected chi connectivity index (χ1v) is 25.5. The number of primary amides is 2. The second-order valence-electron chi connectivity index (χ2n) is 18.4. The number of hydrogen-bond acceptors (Lipinski definition) is 18. The van der Waals surface area contributed by atoms with Crippen LogP contribution >= 0.6 is 0 Å². The third kappa shape index (κ3) is 32.7. The first-order chi connectivity index (χ1) is 38.4. The average molecular weight is 1170 g/mol. The minimum Gasteiger partial charge on any atom is -0.481 e. The maximum absolute atomic E-state index is 13.7. The zero-order valence-electron chi connectivity index (χ0n) is 45.8. The molecule has 0 bridgehead atoms. The molecular weight excluding hydrogens is 1090 g/mol.